The maximum atomic E-state index is 10.9. The van der Waals surface area contributed by atoms with Crippen LogP contribution in [0.5, 0.6) is 5.75 Å². The highest BCUT2D eigenvalue weighted by atomic mass is 35.5. The number of halogens is 1. The van der Waals surface area contributed by atoms with Gasteiger partial charge in [-0.25, -0.2) is 0 Å². The van der Waals surface area contributed by atoms with Crippen LogP contribution in [0, 0.1) is 10.1 Å². The van der Waals surface area contributed by atoms with E-state index in [4.69, 9.17) is 20.8 Å². The van der Waals surface area contributed by atoms with Crippen molar-refractivity contribution in [2.24, 2.45) is 0 Å². The van der Waals surface area contributed by atoms with Gasteiger partial charge in [0.2, 0.25) is 11.8 Å². The zero-order chi connectivity index (χ0) is 13.8. The number of nitrogens with zero attached hydrogens (tertiary/aromatic N) is 3. The molecule has 19 heavy (non-hydrogen) atoms. The molecule has 0 spiro atoms. The van der Waals surface area contributed by atoms with E-state index in [0.29, 0.717) is 23.8 Å². The van der Waals surface area contributed by atoms with E-state index in [1.54, 1.807) is 6.07 Å². The molecule has 8 heteroatoms. The Labute approximate surface area is 113 Å². The van der Waals surface area contributed by atoms with Crippen LogP contribution in [-0.2, 0) is 6.42 Å². The first-order valence-electron chi connectivity index (χ1n) is 5.37. The molecule has 0 saturated heterocycles. The monoisotopic (exact) mass is 283 g/mol. The van der Waals surface area contributed by atoms with E-state index >= 15 is 0 Å². The molecule has 0 fully saturated rings. The third kappa shape index (κ3) is 2.82. The van der Waals surface area contributed by atoms with Gasteiger partial charge in [-0.15, -0.1) is 21.8 Å². The van der Waals surface area contributed by atoms with Crippen molar-refractivity contribution in [1.82, 2.24) is 10.2 Å². The van der Waals surface area contributed by atoms with E-state index in [-0.39, 0.29) is 17.3 Å². The van der Waals surface area contributed by atoms with Gasteiger partial charge in [-0.05, 0) is 12.1 Å². The number of ether oxygens (including phenoxy) is 1. The van der Waals surface area contributed by atoms with E-state index in [9.17, 15) is 10.1 Å². The number of alkyl halides is 1. The topological polar surface area (TPSA) is 91.3 Å². The van der Waals surface area contributed by atoms with Gasteiger partial charge in [-0.3, -0.25) is 10.1 Å². The molecule has 1 aromatic heterocycles. The molecule has 0 aliphatic rings. The molecular weight excluding hydrogens is 274 g/mol. The predicted octanol–water partition coefficient (Wildman–Crippen LogP) is 2.43. The summed E-state index contributed by atoms with van der Waals surface area (Å²) in [5.74, 6) is 1.15. The summed E-state index contributed by atoms with van der Waals surface area (Å²) in [5, 5.41) is 18.5. The lowest BCUT2D eigenvalue weighted by Crippen LogP contribution is -1.94. The summed E-state index contributed by atoms with van der Waals surface area (Å²) in [6.45, 7) is 0. The average molecular weight is 284 g/mol. The second-order valence-corrected chi connectivity index (χ2v) is 3.96. The molecule has 0 N–H and O–H groups in total. The highest BCUT2D eigenvalue weighted by molar-refractivity contribution is 6.17. The Morgan fingerprint density at radius 1 is 1.47 bits per heavy atom. The average Bonchev–Trinajstić information content (AvgIpc) is 2.87. The van der Waals surface area contributed by atoms with Crippen molar-refractivity contribution in [2.45, 2.75) is 6.42 Å². The molecule has 0 saturated carbocycles. The van der Waals surface area contributed by atoms with E-state index in [0.717, 1.165) is 0 Å². The number of hydrogen-bond donors (Lipinski definition) is 0. The van der Waals surface area contributed by atoms with E-state index in [2.05, 4.69) is 10.2 Å². The van der Waals surface area contributed by atoms with Crippen molar-refractivity contribution >= 4 is 17.3 Å². The Morgan fingerprint density at radius 3 is 2.89 bits per heavy atom. The van der Waals surface area contributed by atoms with Crippen molar-refractivity contribution < 1.29 is 14.1 Å². The molecule has 100 valence electrons. The minimum absolute atomic E-state index is 0.155. The molecule has 0 aliphatic carbocycles. The zero-order valence-corrected chi connectivity index (χ0v) is 10.8. The maximum absolute atomic E-state index is 10.9. The summed E-state index contributed by atoms with van der Waals surface area (Å²) in [6, 6.07) is 4.43. The van der Waals surface area contributed by atoms with Gasteiger partial charge in [-0.1, -0.05) is 0 Å². The lowest BCUT2D eigenvalue weighted by Gasteiger charge is -2.02. The van der Waals surface area contributed by atoms with Gasteiger partial charge in [0.05, 0.1) is 12.0 Å². The first-order chi connectivity index (χ1) is 9.15. The minimum atomic E-state index is -0.529. The van der Waals surface area contributed by atoms with Crippen molar-refractivity contribution in [3.63, 3.8) is 0 Å². The van der Waals surface area contributed by atoms with Crippen LogP contribution in [0.15, 0.2) is 22.6 Å². The van der Waals surface area contributed by atoms with Crippen molar-refractivity contribution in [2.75, 3.05) is 13.0 Å². The van der Waals surface area contributed by atoms with Gasteiger partial charge in [0, 0.05) is 23.9 Å². The molecule has 1 aromatic carbocycles. The Morgan fingerprint density at radius 2 is 2.26 bits per heavy atom. The second-order valence-electron chi connectivity index (χ2n) is 3.58. The lowest BCUT2D eigenvalue weighted by atomic mass is 10.2. The van der Waals surface area contributed by atoms with Crippen LogP contribution >= 0.6 is 11.6 Å². The highest BCUT2D eigenvalue weighted by Crippen LogP contribution is 2.31. The molecule has 0 bridgehead atoms. The van der Waals surface area contributed by atoms with Crippen LogP contribution in [0.3, 0.4) is 0 Å². The van der Waals surface area contributed by atoms with Crippen LogP contribution in [0.25, 0.3) is 11.5 Å². The van der Waals surface area contributed by atoms with Gasteiger partial charge in [0.15, 0.2) is 5.75 Å². The smallest absolute Gasteiger partial charge is 0.311 e. The summed E-state index contributed by atoms with van der Waals surface area (Å²) >= 11 is 5.56. The Bertz CT molecular complexity index is 599. The predicted molar refractivity (Wildman–Crippen MR) is 67.4 cm³/mol. The quantitative estimate of drug-likeness (QED) is 0.475. The fourth-order valence-electron chi connectivity index (χ4n) is 1.52. The molecule has 0 unspecified atom stereocenters. The number of benzene rings is 1. The van der Waals surface area contributed by atoms with Gasteiger partial charge in [0.1, 0.15) is 0 Å². The first-order valence-corrected chi connectivity index (χ1v) is 5.90. The van der Waals surface area contributed by atoms with Crippen LogP contribution in [-0.4, -0.2) is 28.1 Å². The summed E-state index contributed by atoms with van der Waals surface area (Å²) in [7, 11) is 1.37. The second kappa shape index (κ2) is 5.66. The lowest BCUT2D eigenvalue weighted by molar-refractivity contribution is -0.385. The number of aromatic nitrogens is 2. The zero-order valence-electron chi connectivity index (χ0n) is 10.00. The minimum Gasteiger partial charge on any atom is -0.490 e. The molecule has 0 atom stereocenters. The summed E-state index contributed by atoms with van der Waals surface area (Å²) in [6.07, 6.45) is 0.451. The highest BCUT2D eigenvalue weighted by Gasteiger charge is 2.18. The fraction of sp³-hybridized carbons (Fsp3) is 0.273. The Balaban J connectivity index is 2.39. The molecule has 1 heterocycles. The Hall–Kier alpha value is -2.15. The maximum Gasteiger partial charge on any atom is 0.311 e. The number of nitro groups is 1. The molecule has 0 radical (unpaired) electrons. The van der Waals surface area contributed by atoms with E-state index < -0.39 is 4.92 Å². The Kier molecular flexibility index (Phi) is 3.96. The third-order valence-corrected chi connectivity index (χ3v) is 2.59. The SMILES string of the molecule is COc1ccc(-c2nnc(CCCl)o2)cc1[N+](=O)[O-]. The number of aryl methyl sites for hydroxylation is 1. The largest absolute Gasteiger partial charge is 0.490 e. The summed E-state index contributed by atoms with van der Waals surface area (Å²) in [4.78, 5) is 10.4. The fourth-order valence-corrected chi connectivity index (χ4v) is 1.68. The number of hydrogen-bond acceptors (Lipinski definition) is 6. The van der Waals surface area contributed by atoms with Gasteiger partial charge in [-0.2, -0.15) is 0 Å². The standard InChI is InChI=1S/C11H10ClN3O4/c1-18-9-3-2-7(6-8(9)15(16)17)11-14-13-10(19-11)4-5-12/h2-3,6H,4-5H2,1H3. The molecule has 2 aromatic rings. The number of nitro benzene ring substituents is 1. The van der Waals surface area contributed by atoms with E-state index in [1.165, 1.54) is 19.2 Å². The molecule has 0 amide bonds. The van der Waals surface area contributed by atoms with Gasteiger partial charge in [0.25, 0.3) is 0 Å². The first kappa shape index (κ1) is 13.3. The molecular formula is C11H10ClN3O4. The molecule has 2 rings (SSSR count). The van der Waals surface area contributed by atoms with Crippen LogP contribution in [0.2, 0.25) is 0 Å². The van der Waals surface area contributed by atoms with Crippen LogP contribution < -0.4 is 4.74 Å². The summed E-state index contributed by atoms with van der Waals surface area (Å²) in [5.41, 5.74) is 0.304. The van der Waals surface area contributed by atoms with Crippen LogP contribution in [0.1, 0.15) is 5.89 Å². The summed E-state index contributed by atoms with van der Waals surface area (Å²) < 4.78 is 10.3. The third-order valence-electron chi connectivity index (χ3n) is 2.40. The van der Waals surface area contributed by atoms with E-state index in [1.807, 2.05) is 0 Å². The van der Waals surface area contributed by atoms with Gasteiger partial charge < -0.3 is 9.15 Å². The number of methoxy groups -OCH3 is 1. The van der Waals surface area contributed by atoms with Gasteiger partial charge >= 0.3 is 5.69 Å². The number of rotatable bonds is 5. The molecule has 0 aliphatic heterocycles. The molecule has 7 nitrogen and oxygen atoms in total. The van der Waals surface area contributed by atoms with Crippen molar-refractivity contribution in [1.29, 1.82) is 0 Å². The van der Waals surface area contributed by atoms with Crippen LogP contribution in [0.4, 0.5) is 5.69 Å². The van der Waals surface area contributed by atoms with Crippen molar-refractivity contribution in [3.05, 3.63) is 34.2 Å². The normalized spacial score (nSPS) is 10.4. The van der Waals surface area contributed by atoms with Crippen molar-refractivity contribution in [3.8, 4) is 17.2 Å².